The van der Waals surface area contributed by atoms with Gasteiger partial charge in [0.2, 0.25) is 0 Å². The number of nitrogen functional groups attached to an aromatic ring is 1. The molecule has 6 heteroatoms. The Kier molecular flexibility index (Phi) is 3.92. The third-order valence-corrected chi connectivity index (χ3v) is 3.98. The van der Waals surface area contributed by atoms with E-state index in [4.69, 9.17) is 10.5 Å². The summed E-state index contributed by atoms with van der Waals surface area (Å²) < 4.78 is 5.50. The first-order valence-corrected chi connectivity index (χ1v) is 7.38. The van der Waals surface area contributed by atoms with Crippen molar-refractivity contribution in [1.29, 1.82) is 0 Å². The molecule has 0 saturated carbocycles. The van der Waals surface area contributed by atoms with Crippen LogP contribution in [0, 0.1) is 6.92 Å². The normalized spacial score (nSPS) is 10.8. The summed E-state index contributed by atoms with van der Waals surface area (Å²) in [6.45, 7) is 3.16. The van der Waals surface area contributed by atoms with Gasteiger partial charge in [-0.3, -0.25) is 4.98 Å². The number of hydrogen-bond acceptors (Lipinski definition) is 5. The first-order valence-electron chi connectivity index (χ1n) is 7.38. The standard InChI is InChI=1S/C17H18BN3O2/c1-10-6-15(23-3)13(8-14(10)18(2)22)12-7-11-4-5-20-17(19)16(11)21-9-12/h4-9,22H,1-3H3,(H2,19,20). The number of anilines is 1. The molecule has 0 bridgehead atoms. The van der Waals surface area contributed by atoms with Gasteiger partial charge < -0.3 is 15.5 Å². The van der Waals surface area contributed by atoms with Gasteiger partial charge in [-0.1, -0.05) is 18.5 Å². The highest BCUT2D eigenvalue weighted by molar-refractivity contribution is 6.65. The zero-order valence-corrected chi connectivity index (χ0v) is 13.4. The van der Waals surface area contributed by atoms with Gasteiger partial charge in [0.25, 0.3) is 0 Å². The zero-order chi connectivity index (χ0) is 16.6. The zero-order valence-electron chi connectivity index (χ0n) is 13.4. The minimum atomic E-state index is -0.548. The van der Waals surface area contributed by atoms with Gasteiger partial charge in [0.1, 0.15) is 17.1 Å². The van der Waals surface area contributed by atoms with E-state index in [1.165, 1.54) is 0 Å². The van der Waals surface area contributed by atoms with Crippen LogP contribution in [0.4, 0.5) is 5.82 Å². The molecule has 2 aromatic heterocycles. The Hall–Kier alpha value is -2.60. The molecular weight excluding hydrogens is 289 g/mol. The Labute approximate surface area is 135 Å². The van der Waals surface area contributed by atoms with Crippen LogP contribution >= 0.6 is 0 Å². The number of methoxy groups -OCH3 is 1. The molecule has 2 heterocycles. The first-order chi connectivity index (χ1) is 11.0. The fourth-order valence-electron chi connectivity index (χ4n) is 2.77. The summed E-state index contributed by atoms with van der Waals surface area (Å²) in [6.07, 6.45) is 3.41. The Morgan fingerprint density at radius 2 is 2.00 bits per heavy atom. The summed E-state index contributed by atoms with van der Waals surface area (Å²) in [7, 11) is 1.64. The van der Waals surface area contributed by atoms with Crippen molar-refractivity contribution in [2.75, 3.05) is 12.8 Å². The highest BCUT2D eigenvalue weighted by atomic mass is 16.5. The SMILES string of the molecule is COc1cc(C)c(B(C)O)cc1-c1cnc2c(N)nccc2c1. The molecule has 0 aliphatic carbocycles. The van der Waals surface area contributed by atoms with Gasteiger partial charge in [0.15, 0.2) is 0 Å². The predicted octanol–water partition coefficient (Wildman–Crippen LogP) is 2.02. The van der Waals surface area contributed by atoms with Crippen molar-refractivity contribution >= 4 is 29.1 Å². The third kappa shape index (κ3) is 2.73. The van der Waals surface area contributed by atoms with Gasteiger partial charge in [-0.2, -0.15) is 0 Å². The second-order valence-electron chi connectivity index (χ2n) is 5.58. The van der Waals surface area contributed by atoms with Crippen molar-refractivity contribution < 1.29 is 9.76 Å². The number of nitrogens with two attached hydrogens (primary N) is 1. The molecule has 3 aromatic rings. The molecule has 5 nitrogen and oxygen atoms in total. The van der Waals surface area contributed by atoms with Crippen molar-refractivity contribution in [3.63, 3.8) is 0 Å². The summed E-state index contributed by atoms with van der Waals surface area (Å²) in [5.41, 5.74) is 10.2. The molecule has 0 radical (unpaired) electrons. The van der Waals surface area contributed by atoms with E-state index in [9.17, 15) is 5.02 Å². The summed E-state index contributed by atoms with van der Waals surface area (Å²) in [6, 6.07) is 7.76. The van der Waals surface area contributed by atoms with Crippen LogP contribution in [0.1, 0.15) is 5.56 Å². The number of hydrogen-bond donors (Lipinski definition) is 2. The first kappa shape index (κ1) is 15.3. The minimum Gasteiger partial charge on any atom is -0.496 e. The van der Waals surface area contributed by atoms with Crippen molar-refractivity contribution in [3.05, 3.63) is 42.2 Å². The summed E-state index contributed by atoms with van der Waals surface area (Å²) in [5, 5.41) is 10.9. The van der Waals surface area contributed by atoms with Gasteiger partial charge in [-0.05, 0) is 30.6 Å². The maximum absolute atomic E-state index is 9.97. The molecule has 1 aromatic carbocycles. The second-order valence-corrected chi connectivity index (χ2v) is 5.58. The Morgan fingerprint density at radius 1 is 1.22 bits per heavy atom. The lowest BCUT2D eigenvalue weighted by Crippen LogP contribution is -2.29. The van der Waals surface area contributed by atoms with Crippen LogP contribution in [0.2, 0.25) is 6.82 Å². The van der Waals surface area contributed by atoms with E-state index in [0.29, 0.717) is 11.3 Å². The fraction of sp³-hybridized carbons (Fsp3) is 0.176. The highest BCUT2D eigenvalue weighted by Crippen LogP contribution is 2.32. The summed E-state index contributed by atoms with van der Waals surface area (Å²) in [5.74, 6) is 1.16. The lowest BCUT2D eigenvalue weighted by Gasteiger charge is -2.15. The van der Waals surface area contributed by atoms with Crippen molar-refractivity contribution in [3.8, 4) is 16.9 Å². The topological polar surface area (TPSA) is 81.3 Å². The number of aryl methyl sites for hydroxylation is 1. The number of pyridine rings is 2. The van der Waals surface area contributed by atoms with E-state index in [2.05, 4.69) is 9.97 Å². The van der Waals surface area contributed by atoms with Crippen LogP contribution in [-0.4, -0.2) is 29.0 Å². The Bertz CT molecular complexity index is 881. The molecule has 0 atom stereocenters. The van der Waals surface area contributed by atoms with Crippen LogP contribution in [-0.2, 0) is 0 Å². The average Bonchev–Trinajstić information content (AvgIpc) is 2.54. The maximum atomic E-state index is 9.97. The van der Waals surface area contributed by atoms with Crippen LogP contribution in [0.25, 0.3) is 22.0 Å². The molecule has 3 rings (SSSR count). The van der Waals surface area contributed by atoms with Crippen LogP contribution in [0.3, 0.4) is 0 Å². The Morgan fingerprint density at radius 3 is 2.70 bits per heavy atom. The lowest BCUT2D eigenvalue weighted by atomic mass is 9.62. The molecule has 116 valence electrons. The van der Waals surface area contributed by atoms with E-state index in [1.54, 1.807) is 26.3 Å². The summed E-state index contributed by atoms with van der Waals surface area (Å²) >= 11 is 0. The number of nitrogens with zero attached hydrogens (tertiary/aromatic N) is 2. The number of benzene rings is 1. The van der Waals surface area contributed by atoms with Gasteiger partial charge in [-0.15, -0.1) is 0 Å². The van der Waals surface area contributed by atoms with E-state index < -0.39 is 6.92 Å². The van der Waals surface area contributed by atoms with E-state index in [1.807, 2.05) is 31.2 Å². The molecule has 0 spiro atoms. The van der Waals surface area contributed by atoms with Crippen molar-refractivity contribution in [2.24, 2.45) is 0 Å². The Balaban J connectivity index is 2.23. The smallest absolute Gasteiger partial charge is 0.320 e. The predicted molar refractivity (Wildman–Crippen MR) is 94.1 cm³/mol. The van der Waals surface area contributed by atoms with Gasteiger partial charge in [0.05, 0.1) is 7.11 Å². The second kappa shape index (κ2) is 5.89. The molecule has 0 fully saturated rings. The van der Waals surface area contributed by atoms with Crippen LogP contribution in [0.15, 0.2) is 36.7 Å². The van der Waals surface area contributed by atoms with Gasteiger partial charge in [-0.25, -0.2) is 4.98 Å². The minimum absolute atomic E-state index is 0.412. The molecule has 23 heavy (non-hydrogen) atoms. The summed E-state index contributed by atoms with van der Waals surface area (Å²) in [4.78, 5) is 8.47. The van der Waals surface area contributed by atoms with Crippen molar-refractivity contribution in [1.82, 2.24) is 9.97 Å². The van der Waals surface area contributed by atoms with Crippen molar-refractivity contribution in [2.45, 2.75) is 13.7 Å². The van der Waals surface area contributed by atoms with Gasteiger partial charge in [0, 0.05) is 28.9 Å². The average molecular weight is 307 g/mol. The number of ether oxygens (including phenoxy) is 1. The van der Waals surface area contributed by atoms with E-state index in [-0.39, 0.29) is 0 Å². The lowest BCUT2D eigenvalue weighted by molar-refractivity contribution is 0.416. The molecule has 0 unspecified atom stereocenters. The molecule has 0 saturated heterocycles. The quantitative estimate of drug-likeness (QED) is 0.724. The maximum Gasteiger partial charge on any atom is 0.320 e. The molecule has 0 aliphatic rings. The molecule has 0 aliphatic heterocycles. The van der Waals surface area contributed by atoms with Crippen LogP contribution < -0.4 is 15.9 Å². The van der Waals surface area contributed by atoms with Gasteiger partial charge >= 0.3 is 6.92 Å². The third-order valence-electron chi connectivity index (χ3n) is 3.98. The molecule has 3 N–H and O–H groups in total. The number of rotatable bonds is 3. The molecular formula is C17H18BN3O2. The highest BCUT2D eigenvalue weighted by Gasteiger charge is 2.16. The number of fused-ring (bicyclic) bond motifs is 1. The monoisotopic (exact) mass is 307 g/mol. The van der Waals surface area contributed by atoms with E-state index >= 15 is 0 Å². The number of aromatic nitrogens is 2. The van der Waals surface area contributed by atoms with E-state index in [0.717, 1.165) is 33.3 Å². The largest absolute Gasteiger partial charge is 0.496 e. The molecule has 0 amide bonds. The van der Waals surface area contributed by atoms with Crippen LogP contribution in [0.5, 0.6) is 5.75 Å². The fourth-order valence-corrected chi connectivity index (χ4v) is 2.77.